The van der Waals surface area contributed by atoms with Gasteiger partial charge in [0, 0.05) is 24.6 Å². The second-order valence-electron chi connectivity index (χ2n) is 11.3. The lowest BCUT2D eigenvalue weighted by atomic mass is 9.78. The van der Waals surface area contributed by atoms with E-state index in [9.17, 15) is 4.79 Å². The number of terminal acetylenes is 1. The molecule has 1 amide bonds. The van der Waals surface area contributed by atoms with Gasteiger partial charge in [-0.05, 0) is 44.2 Å². The second-order valence-corrected chi connectivity index (χ2v) is 11.3. The normalized spacial score (nSPS) is 27.0. The lowest BCUT2D eigenvalue weighted by Gasteiger charge is -2.49. The van der Waals surface area contributed by atoms with Gasteiger partial charge in [0.1, 0.15) is 23.7 Å². The highest BCUT2D eigenvalue weighted by atomic mass is 16.6. The number of hydrogen-bond donors (Lipinski definition) is 1. The Morgan fingerprint density at radius 1 is 1.32 bits per heavy atom. The molecular weight excluding hydrogens is 464 g/mol. The zero-order valence-corrected chi connectivity index (χ0v) is 22.4. The van der Waals surface area contributed by atoms with Crippen molar-refractivity contribution in [3.63, 3.8) is 0 Å². The number of ether oxygens (including phenoxy) is 1. The molecule has 2 aromatic heterocycles. The molecule has 37 heavy (non-hydrogen) atoms. The molecule has 198 valence electrons. The topological polar surface area (TPSA) is 75.8 Å². The second kappa shape index (κ2) is 10.5. The maximum absolute atomic E-state index is 14.1. The van der Waals surface area contributed by atoms with Gasteiger partial charge in [0.15, 0.2) is 5.76 Å². The van der Waals surface area contributed by atoms with Crippen molar-refractivity contribution in [3.05, 3.63) is 42.3 Å². The first-order chi connectivity index (χ1) is 17.8. The first-order valence-electron chi connectivity index (χ1n) is 13.8. The van der Waals surface area contributed by atoms with Crippen molar-refractivity contribution in [1.29, 1.82) is 0 Å². The van der Waals surface area contributed by atoms with Crippen LogP contribution in [-0.2, 0) is 11.3 Å². The van der Waals surface area contributed by atoms with Gasteiger partial charge >= 0.3 is 0 Å². The Labute approximate surface area is 220 Å². The summed E-state index contributed by atoms with van der Waals surface area (Å²) in [7, 11) is 0. The summed E-state index contributed by atoms with van der Waals surface area (Å²) in [6.07, 6.45) is 15.4. The van der Waals surface area contributed by atoms with Crippen molar-refractivity contribution in [2.75, 3.05) is 6.54 Å². The smallest absolute Gasteiger partial charge is 0.272 e. The van der Waals surface area contributed by atoms with E-state index in [1.54, 1.807) is 6.26 Å². The first kappa shape index (κ1) is 25.8. The third-order valence-corrected chi connectivity index (χ3v) is 8.60. The van der Waals surface area contributed by atoms with Crippen LogP contribution in [0.2, 0.25) is 0 Å². The molecule has 0 radical (unpaired) electrons. The van der Waals surface area contributed by atoms with E-state index in [4.69, 9.17) is 20.7 Å². The monoisotopic (exact) mass is 504 g/mol. The minimum absolute atomic E-state index is 0.0357. The number of nitrogens with one attached hydrogen (secondary N) is 1. The summed E-state index contributed by atoms with van der Waals surface area (Å²) in [5.74, 6) is 3.53. The van der Waals surface area contributed by atoms with Crippen LogP contribution < -0.4 is 5.32 Å². The lowest BCUT2D eigenvalue weighted by molar-refractivity contribution is -0.00801. The van der Waals surface area contributed by atoms with E-state index in [1.807, 2.05) is 34.7 Å². The first-order valence-corrected chi connectivity index (χ1v) is 13.8. The average Bonchev–Trinajstić information content (AvgIpc) is 3.29. The molecule has 4 atom stereocenters. The SMILES string of the molecule is C#CC(CCN1C(=O)c2cc(-c3ccco3)nn2CC1(C(C)C)C1OC1NC1CCCCCC1)C(=C)C. The number of epoxide rings is 1. The lowest BCUT2D eigenvalue weighted by Crippen LogP contribution is -2.65. The van der Waals surface area contributed by atoms with Crippen LogP contribution in [-0.4, -0.2) is 51.0 Å². The van der Waals surface area contributed by atoms with Crippen LogP contribution in [0.1, 0.15) is 76.2 Å². The molecule has 1 saturated heterocycles. The Morgan fingerprint density at radius 2 is 2.08 bits per heavy atom. The summed E-state index contributed by atoms with van der Waals surface area (Å²) in [4.78, 5) is 16.2. The van der Waals surface area contributed by atoms with Gasteiger partial charge in [-0.1, -0.05) is 57.6 Å². The molecule has 1 aliphatic carbocycles. The molecule has 2 aliphatic heterocycles. The molecule has 7 nitrogen and oxygen atoms in total. The van der Waals surface area contributed by atoms with Crippen molar-refractivity contribution < 1.29 is 13.9 Å². The van der Waals surface area contributed by atoms with Gasteiger partial charge in [0.25, 0.3) is 5.91 Å². The zero-order valence-electron chi connectivity index (χ0n) is 22.4. The van der Waals surface area contributed by atoms with Crippen LogP contribution in [0.4, 0.5) is 0 Å². The molecule has 2 aromatic rings. The molecule has 4 unspecified atom stereocenters. The standard InChI is InChI=1S/C30H40N4O3/c1-6-22(20(2)3)15-16-33-29(35)25-18-24(26-14-11-17-36-26)32-34(25)19-30(33,21(4)5)27-28(37-27)31-23-12-9-7-8-10-13-23/h1,11,14,17-18,21-23,27-28,31H,2,7-10,12-13,15-16,19H2,3-5H3. The van der Waals surface area contributed by atoms with Crippen molar-refractivity contribution in [2.24, 2.45) is 11.8 Å². The summed E-state index contributed by atoms with van der Waals surface area (Å²) in [5.41, 5.74) is 1.64. The van der Waals surface area contributed by atoms with Gasteiger partial charge in [-0.25, -0.2) is 0 Å². The van der Waals surface area contributed by atoms with Gasteiger partial charge in [-0.3, -0.25) is 14.8 Å². The molecule has 1 N–H and O–H groups in total. The van der Waals surface area contributed by atoms with Gasteiger partial charge in [-0.15, -0.1) is 6.42 Å². The molecule has 2 fully saturated rings. The number of fused-ring (bicyclic) bond motifs is 1. The largest absolute Gasteiger partial charge is 0.463 e. The molecule has 5 rings (SSSR count). The summed E-state index contributed by atoms with van der Waals surface area (Å²) >= 11 is 0. The van der Waals surface area contributed by atoms with E-state index in [1.165, 1.54) is 38.5 Å². The Bertz CT molecular complexity index is 1150. The highest BCUT2D eigenvalue weighted by Crippen LogP contribution is 2.46. The number of rotatable bonds is 9. The zero-order chi connectivity index (χ0) is 26.2. The Morgan fingerprint density at radius 3 is 2.70 bits per heavy atom. The minimum Gasteiger partial charge on any atom is -0.463 e. The fraction of sp³-hybridized carbons (Fsp3) is 0.600. The minimum atomic E-state index is -0.548. The van der Waals surface area contributed by atoms with Crippen LogP contribution >= 0.6 is 0 Å². The number of carbonyl (C=O) groups is 1. The molecular formula is C30H40N4O3. The van der Waals surface area contributed by atoms with Crippen molar-refractivity contribution in [2.45, 2.75) is 96.2 Å². The fourth-order valence-corrected chi connectivity index (χ4v) is 6.31. The van der Waals surface area contributed by atoms with Gasteiger partial charge < -0.3 is 14.1 Å². The molecule has 4 heterocycles. The van der Waals surface area contributed by atoms with Gasteiger partial charge in [-0.2, -0.15) is 5.10 Å². The maximum Gasteiger partial charge on any atom is 0.272 e. The third-order valence-electron chi connectivity index (χ3n) is 8.60. The predicted molar refractivity (Wildman–Crippen MR) is 144 cm³/mol. The number of allylic oxidation sites excluding steroid dienone is 1. The number of carbonyl (C=O) groups excluding carboxylic acids is 1. The van der Waals surface area contributed by atoms with Crippen LogP contribution in [0.3, 0.4) is 0 Å². The summed E-state index contributed by atoms with van der Waals surface area (Å²) in [6.45, 7) is 11.5. The van der Waals surface area contributed by atoms with Gasteiger partial charge in [0.2, 0.25) is 0 Å². The Hall–Kier alpha value is -2.82. The number of amides is 1. The predicted octanol–water partition coefficient (Wildman–Crippen LogP) is 5.25. The van der Waals surface area contributed by atoms with Crippen LogP contribution in [0.25, 0.3) is 11.5 Å². The van der Waals surface area contributed by atoms with E-state index in [-0.39, 0.29) is 30.1 Å². The third kappa shape index (κ3) is 4.89. The molecule has 1 saturated carbocycles. The molecule has 0 aromatic carbocycles. The van der Waals surface area contributed by atoms with Gasteiger partial charge in [0.05, 0.1) is 18.3 Å². The summed E-state index contributed by atoms with van der Waals surface area (Å²) < 4.78 is 13.8. The van der Waals surface area contributed by atoms with Crippen molar-refractivity contribution >= 4 is 5.91 Å². The average molecular weight is 505 g/mol. The number of hydrogen-bond acceptors (Lipinski definition) is 5. The number of aromatic nitrogens is 2. The molecule has 7 heteroatoms. The van der Waals surface area contributed by atoms with Crippen LogP contribution in [0.15, 0.2) is 41.0 Å². The quantitative estimate of drug-likeness (QED) is 0.219. The van der Waals surface area contributed by atoms with E-state index >= 15 is 0 Å². The Kier molecular flexibility index (Phi) is 7.33. The summed E-state index contributed by atoms with van der Waals surface area (Å²) in [5, 5.41) is 8.60. The van der Waals surface area contributed by atoms with Crippen molar-refractivity contribution in [3.8, 4) is 23.8 Å². The summed E-state index contributed by atoms with van der Waals surface area (Å²) in [6, 6.07) is 6.01. The fourth-order valence-electron chi connectivity index (χ4n) is 6.31. The van der Waals surface area contributed by atoms with Crippen LogP contribution in [0.5, 0.6) is 0 Å². The van der Waals surface area contributed by atoms with E-state index in [0.717, 1.165) is 5.57 Å². The number of furan rings is 1. The maximum atomic E-state index is 14.1. The highest BCUT2D eigenvalue weighted by Gasteiger charge is 2.62. The highest BCUT2D eigenvalue weighted by molar-refractivity contribution is 5.95. The molecule has 0 spiro atoms. The van der Waals surface area contributed by atoms with Crippen molar-refractivity contribution in [1.82, 2.24) is 20.0 Å². The van der Waals surface area contributed by atoms with E-state index < -0.39 is 5.54 Å². The number of nitrogens with zero attached hydrogens (tertiary/aromatic N) is 3. The molecule has 0 bridgehead atoms. The van der Waals surface area contributed by atoms with E-state index in [0.29, 0.717) is 42.7 Å². The molecule has 3 aliphatic rings. The van der Waals surface area contributed by atoms with Crippen LogP contribution in [0, 0.1) is 24.2 Å². The van der Waals surface area contributed by atoms with E-state index in [2.05, 4.69) is 31.7 Å². The Balaban J connectivity index is 1.47.